The Balaban J connectivity index is 1.59. The van der Waals surface area contributed by atoms with Crippen molar-refractivity contribution in [1.82, 2.24) is 24.8 Å². The molecule has 2 aliphatic carbocycles. The van der Waals surface area contributed by atoms with E-state index in [1.54, 1.807) is 4.57 Å². The number of carbonyl (C=O) groups excluding carboxylic acids is 1. The van der Waals surface area contributed by atoms with Crippen molar-refractivity contribution in [2.45, 2.75) is 50.0 Å². The van der Waals surface area contributed by atoms with Crippen LogP contribution in [-0.2, 0) is 4.79 Å². The lowest BCUT2D eigenvalue weighted by Gasteiger charge is -2.27. The molecule has 2 aliphatic rings. The summed E-state index contributed by atoms with van der Waals surface area (Å²) in [6, 6.07) is -1.04. The third-order valence-electron chi connectivity index (χ3n) is 5.16. The molecule has 0 unspecified atom stereocenters. The van der Waals surface area contributed by atoms with Gasteiger partial charge in [0.25, 0.3) is 0 Å². The van der Waals surface area contributed by atoms with Gasteiger partial charge in [0, 0.05) is 5.92 Å². The van der Waals surface area contributed by atoms with Gasteiger partial charge in [-0.05, 0) is 30.9 Å². The van der Waals surface area contributed by atoms with Gasteiger partial charge in [-0.15, -0.1) is 0 Å². The first-order chi connectivity index (χ1) is 12.0. The minimum Gasteiger partial charge on any atom is -0.388 e. The zero-order valence-corrected chi connectivity index (χ0v) is 14.7. The van der Waals surface area contributed by atoms with E-state index in [0.29, 0.717) is 17.6 Å². The van der Waals surface area contributed by atoms with Crippen molar-refractivity contribution in [1.29, 1.82) is 0 Å². The van der Waals surface area contributed by atoms with E-state index in [1.165, 1.54) is 6.33 Å². The summed E-state index contributed by atoms with van der Waals surface area (Å²) in [5.41, 5.74) is 0.752. The van der Waals surface area contributed by atoms with E-state index >= 15 is 0 Å². The third kappa shape index (κ3) is 2.87. The lowest BCUT2D eigenvalue weighted by Crippen LogP contribution is -2.46. The lowest BCUT2D eigenvalue weighted by molar-refractivity contribution is -0.129. The standard InChI is InChI=1S/C15H17Cl2N5O3/c16-12-9-13(21-15(17)20-12)22(5-18-9)8-4-7(10(23)11(8)24)19-14(25)6-2-1-3-6/h5-8,10-11,23-24H,1-4H2,(H,19,25)/t7-,8+,10+,11-/m0/s1. The number of imidazole rings is 1. The fraction of sp³-hybridized carbons (Fsp3) is 0.600. The second kappa shape index (κ2) is 6.35. The normalized spacial score (nSPS) is 29.8. The Kier molecular flexibility index (Phi) is 4.31. The van der Waals surface area contributed by atoms with Crippen LogP contribution in [0.25, 0.3) is 11.2 Å². The third-order valence-corrected chi connectivity index (χ3v) is 5.60. The van der Waals surface area contributed by atoms with Crippen LogP contribution in [0.4, 0.5) is 0 Å². The van der Waals surface area contributed by atoms with Crippen LogP contribution in [0, 0.1) is 5.92 Å². The van der Waals surface area contributed by atoms with Crippen molar-refractivity contribution in [3.8, 4) is 0 Å². The first-order valence-corrected chi connectivity index (χ1v) is 8.93. The molecule has 0 bridgehead atoms. The molecule has 1 amide bonds. The van der Waals surface area contributed by atoms with E-state index in [0.717, 1.165) is 19.3 Å². The van der Waals surface area contributed by atoms with Gasteiger partial charge < -0.3 is 20.1 Å². The SMILES string of the molecule is O=C(N[C@H]1C[C@@H](n2cnc3c(Cl)nc(Cl)nc32)[C@H](O)[C@@H]1O)C1CCC1. The van der Waals surface area contributed by atoms with Crippen LogP contribution in [-0.4, -0.2) is 53.9 Å². The van der Waals surface area contributed by atoms with Gasteiger partial charge in [-0.2, -0.15) is 4.98 Å². The fourth-order valence-electron chi connectivity index (χ4n) is 3.50. The molecule has 134 valence electrons. The highest BCUT2D eigenvalue weighted by molar-refractivity contribution is 6.35. The summed E-state index contributed by atoms with van der Waals surface area (Å²) < 4.78 is 1.62. The van der Waals surface area contributed by atoms with Crippen LogP contribution in [0.2, 0.25) is 10.4 Å². The van der Waals surface area contributed by atoms with Gasteiger partial charge in [0.2, 0.25) is 11.2 Å². The smallest absolute Gasteiger partial charge is 0.225 e. The number of halogens is 2. The van der Waals surface area contributed by atoms with E-state index in [-0.39, 0.29) is 22.3 Å². The summed E-state index contributed by atoms with van der Waals surface area (Å²) in [6.45, 7) is 0. The maximum atomic E-state index is 12.1. The Hall–Kier alpha value is -1.48. The highest BCUT2D eigenvalue weighted by Gasteiger charge is 2.44. The first kappa shape index (κ1) is 17.0. The van der Waals surface area contributed by atoms with Crippen LogP contribution in [0.5, 0.6) is 0 Å². The van der Waals surface area contributed by atoms with Crippen molar-refractivity contribution >= 4 is 40.3 Å². The predicted molar refractivity (Wildman–Crippen MR) is 90.3 cm³/mol. The summed E-state index contributed by atoms with van der Waals surface area (Å²) in [6.07, 6.45) is 2.50. The molecule has 2 aromatic rings. The molecular formula is C15H17Cl2N5O3. The van der Waals surface area contributed by atoms with Crippen LogP contribution >= 0.6 is 23.2 Å². The van der Waals surface area contributed by atoms with Gasteiger partial charge in [0.1, 0.15) is 17.7 Å². The summed E-state index contributed by atoms with van der Waals surface area (Å²) in [7, 11) is 0. The van der Waals surface area contributed by atoms with Crippen molar-refractivity contribution < 1.29 is 15.0 Å². The van der Waals surface area contributed by atoms with Crippen molar-refractivity contribution in [2.24, 2.45) is 5.92 Å². The first-order valence-electron chi connectivity index (χ1n) is 8.18. The van der Waals surface area contributed by atoms with E-state index in [2.05, 4.69) is 20.3 Å². The maximum Gasteiger partial charge on any atom is 0.225 e. The highest BCUT2D eigenvalue weighted by Crippen LogP contribution is 2.35. The van der Waals surface area contributed by atoms with Crippen molar-refractivity contribution in [3.63, 3.8) is 0 Å². The number of amides is 1. The zero-order valence-electron chi connectivity index (χ0n) is 13.1. The molecule has 2 saturated carbocycles. The Labute approximate surface area is 153 Å². The average molecular weight is 386 g/mol. The van der Waals surface area contributed by atoms with Gasteiger partial charge >= 0.3 is 0 Å². The number of aromatic nitrogens is 4. The second-order valence-corrected chi connectivity index (χ2v) is 7.33. The molecule has 25 heavy (non-hydrogen) atoms. The van der Waals surface area contributed by atoms with Crippen LogP contribution in [0.1, 0.15) is 31.7 Å². The number of fused-ring (bicyclic) bond motifs is 1. The van der Waals surface area contributed by atoms with E-state index < -0.39 is 24.3 Å². The fourth-order valence-corrected chi connectivity index (χ4v) is 3.92. The topological polar surface area (TPSA) is 113 Å². The summed E-state index contributed by atoms with van der Waals surface area (Å²) in [5.74, 6) is -0.0464. The van der Waals surface area contributed by atoms with Crippen molar-refractivity contribution in [2.75, 3.05) is 0 Å². The number of nitrogens with zero attached hydrogens (tertiary/aromatic N) is 4. The number of nitrogens with one attached hydrogen (secondary N) is 1. The van der Waals surface area contributed by atoms with E-state index in [4.69, 9.17) is 23.2 Å². The van der Waals surface area contributed by atoms with Gasteiger partial charge in [-0.25, -0.2) is 9.97 Å². The molecule has 4 rings (SSSR count). The molecular weight excluding hydrogens is 369 g/mol. The van der Waals surface area contributed by atoms with E-state index in [9.17, 15) is 15.0 Å². The Morgan fingerprint density at radius 1 is 1.24 bits per heavy atom. The number of aliphatic hydroxyl groups is 2. The predicted octanol–water partition coefficient (Wildman–Crippen LogP) is 1.08. The molecule has 2 heterocycles. The zero-order chi connectivity index (χ0) is 17.7. The van der Waals surface area contributed by atoms with Crippen LogP contribution in [0.15, 0.2) is 6.33 Å². The quantitative estimate of drug-likeness (QED) is 0.538. The van der Waals surface area contributed by atoms with Gasteiger partial charge in [-0.3, -0.25) is 4.79 Å². The summed E-state index contributed by atoms with van der Waals surface area (Å²) >= 11 is 11.9. The molecule has 0 aliphatic heterocycles. The molecule has 10 heteroatoms. The Morgan fingerprint density at radius 2 is 2.00 bits per heavy atom. The molecule has 3 N–H and O–H groups in total. The molecule has 0 radical (unpaired) electrons. The Morgan fingerprint density at radius 3 is 2.68 bits per heavy atom. The molecule has 2 aromatic heterocycles. The maximum absolute atomic E-state index is 12.1. The molecule has 8 nitrogen and oxygen atoms in total. The highest BCUT2D eigenvalue weighted by atomic mass is 35.5. The molecule has 0 spiro atoms. The molecule has 2 fully saturated rings. The van der Waals surface area contributed by atoms with Crippen LogP contribution in [0.3, 0.4) is 0 Å². The average Bonchev–Trinajstić information content (AvgIpc) is 3.02. The minimum absolute atomic E-state index is 0.0165. The number of hydrogen-bond donors (Lipinski definition) is 3. The van der Waals surface area contributed by atoms with E-state index in [1.807, 2.05) is 0 Å². The molecule has 4 atom stereocenters. The van der Waals surface area contributed by atoms with Gasteiger partial charge in [0.15, 0.2) is 10.8 Å². The van der Waals surface area contributed by atoms with Crippen molar-refractivity contribution in [3.05, 3.63) is 16.8 Å². The van der Waals surface area contributed by atoms with Gasteiger partial charge in [0.05, 0.1) is 18.4 Å². The summed E-state index contributed by atoms with van der Waals surface area (Å²) in [5, 5.41) is 23.8. The number of hydrogen-bond acceptors (Lipinski definition) is 6. The number of aliphatic hydroxyl groups excluding tert-OH is 2. The summed E-state index contributed by atoms with van der Waals surface area (Å²) in [4.78, 5) is 24.3. The molecule has 0 saturated heterocycles. The largest absolute Gasteiger partial charge is 0.388 e. The minimum atomic E-state index is -1.07. The second-order valence-electron chi connectivity index (χ2n) is 6.63. The monoisotopic (exact) mass is 385 g/mol. The number of carbonyl (C=O) groups is 1. The van der Waals surface area contributed by atoms with Crippen LogP contribution < -0.4 is 5.32 Å². The number of rotatable bonds is 3. The molecule has 0 aromatic carbocycles. The van der Waals surface area contributed by atoms with Gasteiger partial charge in [-0.1, -0.05) is 18.0 Å². The Bertz CT molecular complexity index is 825. The lowest BCUT2D eigenvalue weighted by atomic mass is 9.84.